The molecule has 1 unspecified atom stereocenters. The molecule has 1 aliphatic rings. The number of hydrogen-bond donors (Lipinski definition) is 0. The maximum atomic E-state index is 11.4. The molecule has 0 bridgehead atoms. The van der Waals surface area contributed by atoms with Crippen molar-refractivity contribution in [2.24, 2.45) is 5.92 Å². The zero-order chi connectivity index (χ0) is 21.0. The predicted molar refractivity (Wildman–Crippen MR) is 118 cm³/mol. The van der Waals surface area contributed by atoms with Crippen molar-refractivity contribution in [1.82, 2.24) is 4.90 Å². The molecular weight excluding hydrogens is 370 g/mol. The lowest BCUT2D eigenvalue weighted by Gasteiger charge is -2.48. The standard InChI is InChI=1S/C27H29NO2/c1-21(28-19-17-22(18-20-28)26(29)30)27(23-11-5-2-6-12-23,24-13-7-3-8-14-24)25-15-9-4-10-16-25/h2-16,21-22H,17-20H2,1H3,(H,29,30)/p-1. The Kier molecular flexibility index (Phi) is 6.01. The summed E-state index contributed by atoms with van der Waals surface area (Å²) in [6, 6.07) is 32.2. The lowest BCUT2D eigenvalue weighted by atomic mass is 9.64. The highest BCUT2D eigenvalue weighted by molar-refractivity contribution is 5.67. The molecule has 0 N–H and O–H groups in total. The SMILES string of the molecule is CC(N1CCC(C(=O)[O-])CC1)C(c1ccccc1)(c1ccccc1)c1ccccc1. The second kappa shape index (κ2) is 8.85. The van der Waals surface area contributed by atoms with Gasteiger partial charge >= 0.3 is 0 Å². The van der Waals surface area contributed by atoms with E-state index in [2.05, 4.69) is 103 Å². The smallest absolute Gasteiger partial charge is 0.0603 e. The maximum Gasteiger partial charge on any atom is 0.0603 e. The van der Waals surface area contributed by atoms with Crippen molar-refractivity contribution < 1.29 is 9.90 Å². The molecule has 1 atom stereocenters. The largest absolute Gasteiger partial charge is 0.550 e. The van der Waals surface area contributed by atoms with Crippen LogP contribution in [0.15, 0.2) is 91.0 Å². The highest BCUT2D eigenvalue weighted by atomic mass is 16.4. The van der Waals surface area contributed by atoms with Gasteiger partial charge in [-0.3, -0.25) is 4.90 Å². The number of likely N-dealkylation sites (tertiary alicyclic amines) is 1. The molecule has 30 heavy (non-hydrogen) atoms. The van der Waals surface area contributed by atoms with Crippen LogP contribution in [-0.2, 0) is 10.2 Å². The fourth-order valence-corrected chi connectivity index (χ4v) is 5.12. The number of hydrogen-bond acceptors (Lipinski definition) is 3. The highest BCUT2D eigenvalue weighted by Gasteiger charge is 2.44. The molecule has 4 rings (SSSR count). The molecule has 154 valence electrons. The van der Waals surface area contributed by atoms with Crippen molar-refractivity contribution in [3.8, 4) is 0 Å². The summed E-state index contributed by atoms with van der Waals surface area (Å²) in [6.45, 7) is 3.80. The van der Waals surface area contributed by atoms with Crippen LogP contribution in [0.4, 0.5) is 0 Å². The molecule has 1 heterocycles. The molecule has 3 aromatic rings. The normalized spacial score (nSPS) is 16.8. The number of nitrogens with zero attached hydrogens (tertiary/aromatic N) is 1. The van der Waals surface area contributed by atoms with Gasteiger partial charge in [0.2, 0.25) is 0 Å². The fourth-order valence-electron chi connectivity index (χ4n) is 5.12. The van der Waals surface area contributed by atoms with Crippen molar-refractivity contribution in [2.75, 3.05) is 13.1 Å². The number of carboxylic acids is 1. The van der Waals surface area contributed by atoms with Gasteiger partial charge in [0, 0.05) is 17.9 Å². The lowest BCUT2D eigenvalue weighted by Crippen LogP contribution is -2.53. The Morgan fingerprint density at radius 1 is 0.800 bits per heavy atom. The Morgan fingerprint density at radius 2 is 1.17 bits per heavy atom. The van der Waals surface area contributed by atoms with E-state index in [0.717, 1.165) is 13.1 Å². The first-order chi connectivity index (χ1) is 14.6. The van der Waals surface area contributed by atoms with Crippen LogP contribution < -0.4 is 5.11 Å². The van der Waals surface area contributed by atoms with Crippen molar-refractivity contribution in [3.05, 3.63) is 108 Å². The second-order valence-corrected chi connectivity index (χ2v) is 8.21. The summed E-state index contributed by atoms with van der Waals surface area (Å²) in [5.74, 6) is -1.25. The van der Waals surface area contributed by atoms with Gasteiger partial charge in [-0.2, -0.15) is 0 Å². The summed E-state index contributed by atoms with van der Waals surface area (Å²) < 4.78 is 0. The number of carbonyl (C=O) groups is 1. The van der Waals surface area contributed by atoms with Gasteiger partial charge in [0.05, 0.1) is 5.41 Å². The second-order valence-electron chi connectivity index (χ2n) is 8.21. The molecule has 3 heteroatoms. The van der Waals surface area contributed by atoms with E-state index in [1.54, 1.807) is 0 Å². The van der Waals surface area contributed by atoms with Crippen molar-refractivity contribution in [2.45, 2.75) is 31.2 Å². The Bertz CT molecular complexity index is 851. The Morgan fingerprint density at radius 3 is 1.50 bits per heavy atom. The van der Waals surface area contributed by atoms with Crippen LogP contribution in [0.5, 0.6) is 0 Å². The van der Waals surface area contributed by atoms with Gasteiger partial charge in [-0.1, -0.05) is 91.0 Å². The van der Waals surface area contributed by atoms with Crippen LogP contribution in [0.3, 0.4) is 0 Å². The Balaban J connectivity index is 1.86. The highest BCUT2D eigenvalue weighted by Crippen LogP contribution is 2.44. The third-order valence-corrected chi connectivity index (χ3v) is 6.72. The fraction of sp³-hybridized carbons (Fsp3) is 0.296. The molecule has 0 aromatic heterocycles. The Hall–Kier alpha value is -2.91. The summed E-state index contributed by atoms with van der Waals surface area (Å²) in [5, 5.41) is 11.4. The molecular formula is C27H28NO2-. The molecule has 0 amide bonds. The van der Waals surface area contributed by atoms with E-state index in [1.165, 1.54) is 16.7 Å². The van der Waals surface area contributed by atoms with E-state index < -0.39 is 5.97 Å². The predicted octanol–water partition coefficient (Wildman–Crippen LogP) is 3.87. The van der Waals surface area contributed by atoms with Crippen LogP contribution in [0.1, 0.15) is 36.5 Å². The van der Waals surface area contributed by atoms with Gasteiger partial charge in [0.1, 0.15) is 0 Å². The summed E-state index contributed by atoms with van der Waals surface area (Å²) >= 11 is 0. The zero-order valence-corrected chi connectivity index (χ0v) is 17.4. The number of carboxylic acid groups (broad SMARTS) is 1. The van der Waals surface area contributed by atoms with E-state index in [-0.39, 0.29) is 17.4 Å². The first-order valence-corrected chi connectivity index (χ1v) is 10.8. The van der Waals surface area contributed by atoms with Gasteiger partial charge in [0.25, 0.3) is 0 Å². The Labute approximate surface area is 179 Å². The van der Waals surface area contributed by atoms with Crippen molar-refractivity contribution in [1.29, 1.82) is 0 Å². The summed E-state index contributed by atoms with van der Waals surface area (Å²) in [6.07, 6.45) is 1.28. The van der Waals surface area contributed by atoms with Crippen molar-refractivity contribution in [3.63, 3.8) is 0 Å². The first kappa shape index (κ1) is 20.4. The minimum atomic E-state index is -0.914. The number of piperidine rings is 1. The van der Waals surface area contributed by atoms with Gasteiger partial charge in [-0.05, 0) is 49.5 Å². The van der Waals surface area contributed by atoms with Gasteiger partial charge < -0.3 is 9.90 Å². The first-order valence-electron chi connectivity index (χ1n) is 10.8. The number of rotatable bonds is 6. The van der Waals surface area contributed by atoms with Gasteiger partial charge in [-0.25, -0.2) is 0 Å². The minimum Gasteiger partial charge on any atom is -0.550 e. The molecule has 0 radical (unpaired) electrons. The third-order valence-electron chi connectivity index (χ3n) is 6.72. The van der Waals surface area contributed by atoms with E-state index in [4.69, 9.17) is 0 Å². The number of aliphatic carboxylic acids is 1. The summed E-state index contributed by atoms with van der Waals surface area (Å²) in [7, 11) is 0. The number of benzene rings is 3. The monoisotopic (exact) mass is 398 g/mol. The molecule has 3 nitrogen and oxygen atoms in total. The number of carbonyl (C=O) groups excluding carboxylic acids is 1. The topological polar surface area (TPSA) is 43.4 Å². The van der Waals surface area contributed by atoms with E-state index in [0.29, 0.717) is 12.8 Å². The summed E-state index contributed by atoms with van der Waals surface area (Å²) in [4.78, 5) is 13.8. The average molecular weight is 399 g/mol. The van der Waals surface area contributed by atoms with Gasteiger partial charge in [-0.15, -0.1) is 0 Å². The minimum absolute atomic E-state index is 0.146. The van der Waals surface area contributed by atoms with Crippen LogP contribution in [0.2, 0.25) is 0 Å². The van der Waals surface area contributed by atoms with Gasteiger partial charge in [0.15, 0.2) is 0 Å². The molecule has 3 aromatic carbocycles. The van der Waals surface area contributed by atoms with Crippen LogP contribution >= 0.6 is 0 Å². The summed E-state index contributed by atoms with van der Waals surface area (Å²) in [5.41, 5.74) is 3.38. The quantitative estimate of drug-likeness (QED) is 0.592. The molecule has 0 aliphatic carbocycles. The molecule has 0 saturated carbocycles. The molecule has 1 aliphatic heterocycles. The van der Waals surface area contributed by atoms with Crippen LogP contribution in [0.25, 0.3) is 0 Å². The maximum absolute atomic E-state index is 11.4. The molecule has 1 fully saturated rings. The van der Waals surface area contributed by atoms with E-state index in [1.807, 2.05) is 0 Å². The van der Waals surface area contributed by atoms with E-state index in [9.17, 15) is 9.90 Å². The van der Waals surface area contributed by atoms with Crippen LogP contribution in [0, 0.1) is 5.92 Å². The van der Waals surface area contributed by atoms with Crippen molar-refractivity contribution >= 4 is 5.97 Å². The average Bonchev–Trinajstić information content (AvgIpc) is 2.82. The molecule has 0 spiro atoms. The molecule has 1 saturated heterocycles. The third kappa shape index (κ3) is 3.66. The zero-order valence-electron chi connectivity index (χ0n) is 17.4. The lowest BCUT2D eigenvalue weighted by molar-refractivity contribution is -0.312. The van der Waals surface area contributed by atoms with Crippen LogP contribution in [-0.4, -0.2) is 30.0 Å². The van der Waals surface area contributed by atoms with E-state index >= 15 is 0 Å².